The molecule has 1 aliphatic rings. The quantitative estimate of drug-likeness (QED) is 0.890. The minimum Gasteiger partial charge on any atom is -0.480 e. The molecule has 0 radical (unpaired) electrons. The van der Waals surface area contributed by atoms with Gasteiger partial charge in [0.2, 0.25) is 5.88 Å². The standard InChI is InChI=1S/C18H22N4O3/c1-13-12-22(8-9-25-13)16-6-5-14(10-20-16)11-21-17(23)15-4-3-7-19-18(15)24-2/h3-7,10,13H,8-9,11-12H2,1-2H3,(H,21,23). The highest BCUT2D eigenvalue weighted by atomic mass is 16.5. The van der Waals surface area contributed by atoms with Gasteiger partial charge >= 0.3 is 0 Å². The molecule has 1 amide bonds. The first kappa shape index (κ1) is 17.2. The van der Waals surface area contributed by atoms with Crippen LogP contribution in [0.25, 0.3) is 0 Å². The maximum absolute atomic E-state index is 12.3. The van der Waals surface area contributed by atoms with Gasteiger partial charge in [-0.25, -0.2) is 9.97 Å². The zero-order valence-corrected chi connectivity index (χ0v) is 14.4. The van der Waals surface area contributed by atoms with Gasteiger partial charge in [0.05, 0.1) is 19.8 Å². The van der Waals surface area contributed by atoms with Crippen molar-refractivity contribution < 1.29 is 14.3 Å². The first-order valence-electron chi connectivity index (χ1n) is 8.26. The maximum atomic E-state index is 12.3. The van der Waals surface area contributed by atoms with Gasteiger partial charge in [-0.1, -0.05) is 6.07 Å². The Labute approximate surface area is 147 Å². The number of rotatable bonds is 5. The molecule has 0 aromatic carbocycles. The average molecular weight is 342 g/mol. The van der Waals surface area contributed by atoms with Crippen molar-refractivity contribution in [1.29, 1.82) is 0 Å². The lowest BCUT2D eigenvalue weighted by atomic mass is 10.2. The van der Waals surface area contributed by atoms with Crippen LogP contribution in [0.1, 0.15) is 22.8 Å². The third kappa shape index (κ3) is 4.24. The van der Waals surface area contributed by atoms with E-state index in [1.165, 1.54) is 7.11 Å². The van der Waals surface area contributed by atoms with Gasteiger partial charge in [0.1, 0.15) is 11.4 Å². The smallest absolute Gasteiger partial charge is 0.257 e. The molecule has 1 aliphatic heterocycles. The lowest BCUT2D eigenvalue weighted by molar-refractivity contribution is 0.0529. The van der Waals surface area contributed by atoms with Gasteiger partial charge in [0.25, 0.3) is 5.91 Å². The number of methoxy groups -OCH3 is 1. The number of ether oxygens (including phenoxy) is 2. The summed E-state index contributed by atoms with van der Waals surface area (Å²) in [6.07, 6.45) is 3.59. The number of anilines is 1. The summed E-state index contributed by atoms with van der Waals surface area (Å²) in [7, 11) is 1.49. The number of carbonyl (C=O) groups is 1. The summed E-state index contributed by atoms with van der Waals surface area (Å²) < 4.78 is 10.7. The van der Waals surface area contributed by atoms with Crippen molar-refractivity contribution in [2.75, 3.05) is 31.7 Å². The average Bonchev–Trinajstić information content (AvgIpc) is 2.66. The molecule has 0 aliphatic carbocycles. The Bertz CT molecular complexity index is 721. The minimum absolute atomic E-state index is 0.212. The first-order chi connectivity index (χ1) is 12.2. The molecule has 1 N–H and O–H groups in total. The van der Waals surface area contributed by atoms with Gasteiger partial charge < -0.3 is 19.7 Å². The monoisotopic (exact) mass is 342 g/mol. The Morgan fingerprint density at radius 2 is 2.28 bits per heavy atom. The van der Waals surface area contributed by atoms with Gasteiger partial charge in [-0.05, 0) is 30.7 Å². The summed E-state index contributed by atoms with van der Waals surface area (Å²) in [5, 5.41) is 2.86. The van der Waals surface area contributed by atoms with Crippen LogP contribution in [0.3, 0.4) is 0 Å². The van der Waals surface area contributed by atoms with Gasteiger partial charge in [-0.3, -0.25) is 4.79 Å². The van der Waals surface area contributed by atoms with Crippen LogP contribution >= 0.6 is 0 Å². The summed E-state index contributed by atoms with van der Waals surface area (Å²) in [6, 6.07) is 7.34. The van der Waals surface area contributed by atoms with Crippen LogP contribution in [0.5, 0.6) is 5.88 Å². The Morgan fingerprint density at radius 3 is 3.00 bits per heavy atom. The fourth-order valence-corrected chi connectivity index (χ4v) is 2.74. The van der Waals surface area contributed by atoms with E-state index in [1.54, 1.807) is 24.5 Å². The molecule has 1 fully saturated rings. The van der Waals surface area contributed by atoms with Gasteiger partial charge in [0.15, 0.2) is 0 Å². The molecule has 25 heavy (non-hydrogen) atoms. The van der Waals surface area contributed by atoms with E-state index in [-0.39, 0.29) is 12.0 Å². The Hall–Kier alpha value is -2.67. The van der Waals surface area contributed by atoms with Crippen LogP contribution < -0.4 is 15.0 Å². The normalized spacial score (nSPS) is 17.2. The third-order valence-corrected chi connectivity index (χ3v) is 4.04. The maximum Gasteiger partial charge on any atom is 0.257 e. The zero-order valence-electron chi connectivity index (χ0n) is 14.4. The molecule has 132 valence electrons. The Morgan fingerprint density at radius 1 is 1.40 bits per heavy atom. The summed E-state index contributed by atoms with van der Waals surface area (Å²) in [6.45, 7) is 4.85. The lowest BCUT2D eigenvalue weighted by Gasteiger charge is -2.32. The van der Waals surface area contributed by atoms with Crippen LogP contribution in [0, 0.1) is 0 Å². The molecule has 2 aromatic heterocycles. The molecule has 1 atom stereocenters. The molecule has 0 bridgehead atoms. The molecule has 7 heteroatoms. The van der Waals surface area contributed by atoms with Crippen molar-refractivity contribution in [3.63, 3.8) is 0 Å². The molecule has 3 rings (SSSR count). The highest BCUT2D eigenvalue weighted by Gasteiger charge is 2.18. The zero-order chi connectivity index (χ0) is 17.6. The van der Waals surface area contributed by atoms with E-state index in [2.05, 4.69) is 27.1 Å². The number of hydrogen-bond donors (Lipinski definition) is 1. The van der Waals surface area contributed by atoms with E-state index in [0.29, 0.717) is 24.6 Å². The number of nitrogens with one attached hydrogen (secondary N) is 1. The van der Waals surface area contributed by atoms with Crippen LogP contribution in [0.2, 0.25) is 0 Å². The van der Waals surface area contributed by atoms with Crippen LogP contribution in [-0.4, -0.2) is 48.8 Å². The second-order valence-electron chi connectivity index (χ2n) is 5.89. The van der Waals surface area contributed by atoms with Crippen molar-refractivity contribution in [3.8, 4) is 5.88 Å². The fraction of sp³-hybridized carbons (Fsp3) is 0.389. The minimum atomic E-state index is -0.226. The highest BCUT2D eigenvalue weighted by molar-refractivity contribution is 5.96. The SMILES string of the molecule is COc1ncccc1C(=O)NCc1ccc(N2CCOC(C)C2)nc1. The van der Waals surface area contributed by atoms with E-state index in [4.69, 9.17) is 9.47 Å². The summed E-state index contributed by atoms with van der Waals surface area (Å²) in [5.74, 6) is 1.02. The largest absolute Gasteiger partial charge is 0.480 e. The molecule has 1 saturated heterocycles. The van der Waals surface area contributed by atoms with E-state index in [0.717, 1.165) is 24.5 Å². The molecule has 2 aromatic rings. The summed E-state index contributed by atoms with van der Waals surface area (Å²) in [5.41, 5.74) is 1.35. The molecule has 1 unspecified atom stereocenters. The van der Waals surface area contributed by atoms with Crippen molar-refractivity contribution in [3.05, 3.63) is 47.8 Å². The molecular formula is C18H22N4O3. The topological polar surface area (TPSA) is 76.6 Å². The Kier molecular flexibility index (Phi) is 5.45. The second kappa shape index (κ2) is 7.94. The van der Waals surface area contributed by atoms with E-state index in [1.807, 2.05) is 12.1 Å². The van der Waals surface area contributed by atoms with Crippen molar-refractivity contribution in [2.24, 2.45) is 0 Å². The molecular weight excluding hydrogens is 320 g/mol. The number of aromatic nitrogens is 2. The molecule has 3 heterocycles. The first-order valence-corrected chi connectivity index (χ1v) is 8.26. The number of hydrogen-bond acceptors (Lipinski definition) is 6. The van der Waals surface area contributed by atoms with E-state index < -0.39 is 0 Å². The van der Waals surface area contributed by atoms with E-state index >= 15 is 0 Å². The fourth-order valence-electron chi connectivity index (χ4n) is 2.74. The van der Waals surface area contributed by atoms with Gasteiger partial charge in [-0.15, -0.1) is 0 Å². The number of carbonyl (C=O) groups excluding carboxylic acids is 1. The van der Waals surface area contributed by atoms with Gasteiger partial charge in [-0.2, -0.15) is 0 Å². The predicted molar refractivity (Wildman–Crippen MR) is 93.8 cm³/mol. The second-order valence-corrected chi connectivity index (χ2v) is 5.89. The van der Waals surface area contributed by atoms with Crippen molar-refractivity contribution >= 4 is 11.7 Å². The van der Waals surface area contributed by atoms with Crippen LogP contribution in [0.15, 0.2) is 36.7 Å². The van der Waals surface area contributed by atoms with Gasteiger partial charge in [0, 0.05) is 32.0 Å². The number of nitrogens with zero attached hydrogens (tertiary/aromatic N) is 3. The molecule has 0 spiro atoms. The van der Waals surface area contributed by atoms with Crippen LogP contribution in [-0.2, 0) is 11.3 Å². The molecule has 0 saturated carbocycles. The van der Waals surface area contributed by atoms with Crippen LogP contribution in [0.4, 0.5) is 5.82 Å². The van der Waals surface area contributed by atoms with Crippen molar-refractivity contribution in [1.82, 2.24) is 15.3 Å². The third-order valence-electron chi connectivity index (χ3n) is 4.04. The molecule has 7 nitrogen and oxygen atoms in total. The van der Waals surface area contributed by atoms with Crippen molar-refractivity contribution in [2.45, 2.75) is 19.6 Å². The summed E-state index contributed by atoms with van der Waals surface area (Å²) >= 11 is 0. The highest BCUT2D eigenvalue weighted by Crippen LogP contribution is 2.16. The Balaban J connectivity index is 1.59. The predicted octanol–water partition coefficient (Wildman–Crippen LogP) is 1.64. The van der Waals surface area contributed by atoms with E-state index in [9.17, 15) is 4.79 Å². The number of amides is 1. The summed E-state index contributed by atoms with van der Waals surface area (Å²) in [4.78, 5) is 23.0. The number of morpholine rings is 1. The lowest BCUT2D eigenvalue weighted by Crippen LogP contribution is -2.41. The number of pyridine rings is 2.